The lowest BCUT2D eigenvalue weighted by atomic mass is 9.73. The minimum absolute atomic E-state index is 0.626. The van der Waals surface area contributed by atoms with Crippen molar-refractivity contribution in [3.8, 4) is 0 Å². The van der Waals surface area contributed by atoms with Gasteiger partial charge in [0.25, 0.3) is 0 Å². The van der Waals surface area contributed by atoms with Gasteiger partial charge in [0, 0.05) is 6.54 Å². The Morgan fingerprint density at radius 2 is 1.77 bits per heavy atom. The molecule has 0 aliphatic heterocycles. The molecule has 0 aromatic heterocycles. The fraction of sp³-hybridized carbons (Fsp3) is 1.00. The maximum Gasteiger partial charge on any atom is 0.000650 e. The van der Waals surface area contributed by atoms with E-state index in [4.69, 9.17) is 0 Å². The molecule has 0 heterocycles. The monoisotopic (exact) mass is 183 g/mol. The second kappa shape index (κ2) is 4.45. The Morgan fingerprint density at radius 3 is 2.23 bits per heavy atom. The van der Waals surface area contributed by atoms with Gasteiger partial charge in [-0.3, -0.25) is 0 Å². The first kappa shape index (κ1) is 11.0. The van der Waals surface area contributed by atoms with Crippen LogP contribution in [-0.2, 0) is 0 Å². The van der Waals surface area contributed by atoms with Gasteiger partial charge in [0.15, 0.2) is 0 Å². The van der Waals surface area contributed by atoms with Crippen molar-refractivity contribution >= 4 is 0 Å². The molecule has 0 atom stereocenters. The van der Waals surface area contributed by atoms with Crippen molar-refractivity contribution in [1.29, 1.82) is 0 Å². The summed E-state index contributed by atoms with van der Waals surface area (Å²) in [4.78, 5) is 2.45. The van der Waals surface area contributed by atoms with Crippen molar-refractivity contribution in [2.24, 2.45) is 11.3 Å². The van der Waals surface area contributed by atoms with Crippen LogP contribution in [0.5, 0.6) is 0 Å². The molecule has 1 fully saturated rings. The van der Waals surface area contributed by atoms with Crippen molar-refractivity contribution in [2.45, 2.75) is 46.5 Å². The predicted octanol–water partition coefficient (Wildman–Crippen LogP) is 3.15. The van der Waals surface area contributed by atoms with Gasteiger partial charge in [-0.25, -0.2) is 0 Å². The summed E-state index contributed by atoms with van der Waals surface area (Å²) in [5.74, 6) is 0.970. The van der Waals surface area contributed by atoms with E-state index in [1.165, 1.54) is 38.8 Å². The minimum atomic E-state index is 0.626. The van der Waals surface area contributed by atoms with Crippen LogP contribution < -0.4 is 0 Å². The Balaban J connectivity index is 2.25. The third-order valence-electron chi connectivity index (χ3n) is 3.57. The number of rotatable bonds is 3. The molecule has 0 N–H and O–H groups in total. The van der Waals surface area contributed by atoms with Gasteiger partial charge in [-0.15, -0.1) is 0 Å². The second-order valence-corrected chi connectivity index (χ2v) is 5.46. The first-order chi connectivity index (χ1) is 6.03. The molecular weight excluding hydrogens is 158 g/mol. The third-order valence-corrected chi connectivity index (χ3v) is 3.57. The molecular formula is C12H25N. The van der Waals surface area contributed by atoms with E-state index in [9.17, 15) is 0 Å². The van der Waals surface area contributed by atoms with Gasteiger partial charge in [-0.05, 0) is 50.6 Å². The Labute approximate surface area is 83.5 Å². The third kappa shape index (κ3) is 3.68. The summed E-state index contributed by atoms with van der Waals surface area (Å²) in [7, 11) is 2.24. The summed E-state index contributed by atoms with van der Waals surface area (Å²) < 4.78 is 0. The summed E-state index contributed by atoms with van der Waals surface area (Å²) >= 11 is 0. The van der Waals surface area contributed by atoms with Crippen molar-refractivity contribution in [3.05, 3.63) is 0 Å². The van der Waals surface area contributed by atoms with Gasteiger partial charge in [0.1, 0.15) is 0 Å². The van der Waals surface area contributed by atoms with E-state index >= 15 is 0 Å². The standard InChI is InChI=1S/C12H25N/c1-5-13(4)10-11-6-8-12(2,3)9-7-11/h11H,5-10H2,1-4H3. The van der Waals surface area contributed by atoms with Crippen LogP contribution in [0.1, 0.15) is 46.5 Å². The normalized spacial score (nSPS) is 23.8. The molecule has 1 rings (SSSR count). The summed E-state index contributed by atoms with van der Waals surface area (Å²) in [5.41, 5.74) is 0.626. The summed E-state index contributed by atoms with van der Waals surface area (Å²) in [6.45, 7) is 9.57. The van der Waals surface area contributed by atoms with Gasteiger partial charge in [-0.2, -0.15) is 0 Å². The highest BCUT2D eigenvalue weighted by Gasteiger charge is 2.26. The van der Waals surface area contributed by atoms with Gasteiger partial charge in [0.2, 0.25) is 0 Å². The molecule has 1 heteroatoms. The zero-order valence-corrected chi connectivity index (χ0v) is 9.77. The predicted molar refractivity (Wildman–Crippen MR) is 58.9 cm³/mol. The Hall–Kier alpha value is -0.0400. The largest absolute Gasteiger partial charge is 0.306 e. The maximum absolute atomic E-state index is 2.45. The molecule has 1 nitrogen and oxygen atoms in total. The topological polar surface area (TPSA) is 3.24 Å². The Morgan fingerprint density at radius 1 is 1.23 bits per heavy atom. The molecule has 0 aromatic rings. The molecule has 0 radical (unpaired) electrons. The zero-order chi connectivity index (χ0) is 9.90. The van der Waals surface area contributed by atoms with Crippen LogP contribution in [0.4, 0.5) is 0 Å². The fourth-order valence-corrected chi connectivity index (χ4v) is 2.21. The van der Waals surface area contributed by atoms with Crippen molar-refractivity contribution in [3.63, 3.8) is 0 Å². The van der Waals surface area contributed by atoms with Crippen molar-refractivity contribution < 1.29 is 0 Å². The average molecular weight is 183 g/mol. The summed E-state index contributed by atoms with van der Waals surface area (Å²) in [5, 5.41) is 0. The molecule has 0 aromatic carbocycles. The molecule has 1 aliphatic rings. The highest BCUT2D eigenvalue weighted by molar-refractivity contribution is 4.79. The SMILES string of the molecule is CCN(C)CC1CCC(C)(C)CC1. The molecule has 0 bridgehead atoms. The second-order valence-electron chi connectivity index (χ2n) is 5.46. The van der Waals surface area contributed by atoms with E-state index in [0.717, 1.165) is 5.92 Å². The highest BCUT2D eigenvalue weighted by Crippen LogP contribution is 2.37. The van der Waals surface area contributed by atoms with Crippen LogP contribution in [0.25, 0.3) is 0 Å². The highest BCUT2D eigenvalue weighted by atomic mass is 15.1. The van der Waals surface area contributed by atoms with E-state index in [-0.39, 0.29) is 0 Å². The quantitative estimate of drug-likeness (QED) is 0.649. The molecule has 78 valence electrons. The van der Waals surface area contributed by atoms with Crippen LogP contribution in [-0.4, -0.2) is 25.0 Å². The van der Waals surface area contributed by atoms with Gasteiger partial charge >= 0.3 is 0 Å². The first-order valence-corrected chi connectivity index (χ1v) is 5.72. The minimum Gasteiger partial charge on any atom is -0.306 e. The van der Waals surface area contributed by atoms with E-state index in [0.29, 0.717) is 5.41 Å². The van der Waals surface area contributed by atoms with Gasteiger partial charge in [-0.1, -0.05) is 20.8 Å². The fourth-order valence-electron chi connectivity index (χ4n) is 2.21. The van der Waals surface area contributed by atoms with Crippen LogP contribution in [0, 0.1) is 11.3 Å². The molecule has 0 spiro atoms. The molecule has 0 saturated heterocycles. The molecule has 0 unspecified atom stereocenters. The molecule has 1 aliphatic carbocycles. The van der Waals surface area contributed by atoms with E-state index in [2.05, 4.69) is 32.7 Å². The van der Waals surface area contributed by atoms with Crippen LogP contribution in [0.3, 0.4) is 0 Å². The van der Waals surface area contributed by atoms with Crippen LogP contribution in [0.15, 0.2) is 0 Å². The van der Waals surface area contributed by atoms with E-state index in [1.54, 1.807) is 0 Å². The number of hydrogen-bond donors (Lipinski definition) is 0. The van der Waals surface area contributed by atoms with Crippen molar-refractivity contribution in [2.75, 3.05) is 20.1 Å². The molecule has 1 saturated carbocycles. The smallest absolute Gasteiger partial charge is 0.000650 e. The zero-order valence-electron chi connectivity index (χ0n) is 9.77. The first-order valence-electron chi connectivity index (χ1n) is 5.72. The van der Waals surface area contributed by atoms with Crippen molar-refractivity contribution in [1.82, 2.24) is 4.90 Å². The number of nitrogens with zero attached hydrogens (tertiary/aromatic N) is 1. The lowest BCUT2D eigenvalue weighted by molar-refractivity contribution is 0.159. The lowest BCUT2D eigenvalue weighted by Crippen LogP contribution is -2.30. The summed E-state index contributed by atoms with van der Waals surface area (Å²) in [6, 6.07) is 0. The van der Waals surface area contributed by atoms with Gasteiger partial charge in [0.05, 0.1) is 0 Å². The lowest BCUT2D eigenvalue weighted by Gasteiger charge is -2.35. The molecule has 0 amide bonds. The van der Waals surface area contributed by atoms with Crippen LogP contribution in [0.2, 0.25) is 0 Å². The Kier molecular flexibility index (Phi) is 3.78. The van der Waals surface area contributed by atoms with E-state index in [1.807, 2.05) is 0 Å². The average Bonchev–Trinajstić information content (AvgIpc) is 2.08. The van der Waals surface area contributed by atoms with Crippen LogP contribution >= 0.6 is 0 Å². The summed E-state index contributed by atoms with van der Waals surface area (Å²) in [6.07, 6.45) is 5.74. The van der Waals surface area contributed by atoms with E-state index < -0.39 is 0 Å². The Bertz CT molecular complexity index is 141. The molecule has 13 heavy (non-hydrogen) atoms. The number of hydrogen-bond acceptors (Lipinski definition) is 1. The van der Waals surface area contributed by atoms with Gasteiger partial charge < -0.3 is 4.90 Å². The maximum atomic E-state index is 2.45.